The molecule has 186 valence electrons. The molecule has 0 N–H and O–H groups in total. The molecule has 3 heteroatoms. The molecule has 0 aliphatic heterocycles. The summed E-state index contributed by atoms with van der Waals surface area (Å²) in [6.45, 7) is 4.35. The van der Waals surface area contributed by atoms with Crippen LogP contribution in [-0.4, -0.2) is 3.21 Å². The Bertz CT molecular complexity index is 1250. The third kappa shape index (κ3) is 8.34. The molecule has 4 aromatic carbocycles. The second kappa shape index (κ2) is 15.8. The maximum Gasteiger partial charge on any atom is -0.0253 e. The van der Waals surface area contributed by atoms with Gasteiger partial charge in [0.15, 0.2) is 0 Å². The summed E-state index contributed by atoms with van der Waals surface area (Å²) in [5.41, 5.74) is 11.1. The summed E-state index contributed by atoms with van der Waals surface area (Å²) in [6.07, 6.45) is 8.57. The summed E-state index contributed by atoms with van der Waals surface area (Å²) < 4.78 is 1.42. The fourth-order valence-corrected chi connectivity index (χ4v) is 5.17. The van der Waals surface area contributed by atoms with Crippen molar-refractivity contribution in [2.45, 2.75) is 33.1 Å². The molecule has 0 spiro atoms. The molecule has 0 saturated carbocycles. The smallest absolute Gasteiger partial charge is 0.0253 e. The summed E-state index contributed by atoms with van der Waals surface area (Å²) in [7, 11) is 0. The molecule has 0 nitrogen and oxygen atoms in total. The molecule has 0 unspecified atom stereocenters. The monoisotopic (exact) mass is 598 g/mol. The summed E-state index contributed by atoms with van der Waals surface area (Å²) in [5, 5.41) is 0. The van der Waals surface area contributed by atoms with Gasteiger partial charge < -0.3 is 24.8 Å². The summed E-state index contributed by atoms with van der Waals surface area (Å²) >= 11 is 1.46. The fourth-order valence-electron chi connectivity index (χ4n) is 4.35. The molecular weight excluding hydrogens is 571 g/mol. The zero-order valence-electron chi connectivity index (χ0n) is 21.3. The van der Waals surface area contributed by atoms with Gasteiger partial charge in [0.1, 0.15) is 0 Å². The molecule has 0 saturated heterocycles. The number of allylic oxidation sites excluding steroid dienone is 4. The van der Waals surface area contributed by atoms with Crippen molar-refractivity contribution in [1.82, 2.24) is 0 Å². The number of fused-ring (bicyclic) bond motifs is 3. The SMILES string of the molecule is CCC1=C(C)C=[C-]C1.[Cl-].[Cl-].[Zr+2]=[C](c1ccccc1)c1ccccc1.[c-]1cccc2c1Cc1ccccc1-2. The number of hydrogen-bond acceptors (Lipinski definition) is 0. The Morgan fingerprint density at radius 1 is 0.757 bits per heavy atom. The summed E-state index contributed by atoms with van der Waals surface area (Å²) in [5.74, 6) is 0. The van der Waals surface area contributed by atoms with E-state index < -0.39 is 0 Å². The quantitative estimate of drug-likeness (QED) is 0.279. The molecule has 6 rings (SSSR count). The van der Waals surface area contributed by atoms with E-state index >= 15 is 0 Å². The van der Waals surface area contributed by atoms with Gasteiger partial charge in [0, 0.05) is 0 Å². The van der Waals surface area contributed by atoms with Gasteiger partial charge in [0.25, 0.3) is 0 Å². The van der Waals surface area contributed by atoms with Crippen molar-refractivity contribution < 1.29 is 49.0 Å². The predicted molar refractivity (Wildman–Crippen MR) is 145 cm³/mol. The first-order chi connectivity index (χ1) is 17.2. The molecule has 2 aliphatic carbocycles. The van der Waals surface area contributed by atoms with E-state index in [0.717, 1.165) is 12.8 Å². The molecule has 0 atom stereocenters. The Balaban J connectivity index is 0.000000197. The van der Waals surface area contributed by atoms with Gasteiger partial charge in [-0.2, -0.15) is 35.4 Å². The number of halogens is 2. The third-order valence-corrected chi connectivity index (χ3v) is 7.78. The van der Waals surface area contributed by atoms with Gasteiger partial charge in [-0.3, -0.25) is 6.08 Å². The van der Waals surface area contributed by atoms with Crippen molar-refractivity contribution >= 4 is 3.21 Å². The number of benzene rings is 4. The van der Waals surface area contributed by atoms with Crippen molar-refractivity contribution in [3.8, 4) is 11.1 Å². The van der Waals surface area contributed by atoms with E-state index in [-0.39, 0.29) is 24.8 Å². The van der Waals surface area contributed by atoms with Crippen molar-refractivity contribution in [3.63, 3.8) is 0 Å². The molecule has 0 heterocycles. The number of rotatable bonds is 3. The van der Waals surface area contributed by atoms with Crippen molar-refractivity contribution in [2.75, 3.05) is 0 Å². The Kier molecular flexibility index (Phi) is 13.2. The van der Waals surface area contributed by atoms with Gasteiger partial charge >= 0.3 is 99.2 Å². The molecule has 0 fully saturated rings. The van der Waals surface area contributed by atoms with Crippen LogP contribution in [0.1, 0.15) is 48.9 Å². The Hall–Kier alpha value is -2.31. The van der Waals surface area contributed by atoms with E-state index in [2.05, 4.69) is 129 Å². The normalized spacial score (nSPS) is 12.0. The van der Waals surface area contributed by atoms with E-state index in [0.29, 0.717) is 0 Å². The predicted octanol–water partition coefficient (Wildman–Crippen LogP) is 2.34. The first-order valence-corrected chi connectivity index (χ1v) is 13.4. The van der Waals surface area contributed by atoms with Crippen LogP contribution in [-0.2, 0) is 30.7 Å². The van der Waals surface area contributed by atoms with Crippen molar-refractivity contribution in [3.05, 3.63) is 155 Å². The molecule has 2 aliphatic rings. The molecule has 0 bridgehead atoms. The maximum absolute atomic E-state index is 3.30. The van der Waals surface area contributed by atoms with Crippen LogP contribution in [0.3, 0.4) is 0 Å². The minimum atomic E-state index is 0. The van der Waals surface area contributed by atoms with Crippen LogP contribution in [0.2, 0.25) is 0 Å². The average molecular weight is 601 g/mol. The maximum atomic E-state index is 3.30. The van der Waals surface area contributed by atoms with Gasteiger partial charge in [0.2, 0.25) is 0 Å². The zero-order valence-corrected chi connectivity index (χ0v) is 25.2. The topological polar surface area (TPSA) is 0 Å². The zero-order chi connectivity index (χ0) is 24.5. The van der Waals surface area contributed by atoms with Gasteiger partial charge in [0.05, 0.1) is 0 Å². The molecule has 0 aromatic heterocycles. The minimum Gasteiger partial charge on any atom is -0.179 e. The van der Waals surface area contributed by atoms with Crippen molar-refractivity contribution in [1.29, 1.82) is 0 Å². The molecule has 0 radical (unpaired) electrons. The summed E-state index contributed by atoms with van der Waals surface area (Å²) in [4.78, 5) is 0. The van der Waals surface area contributed by atoms with Crippen LogP contribution in [0.4, 0.5) is 0 Å². The van der Waals surface area contributed by atoms with Gasteiger partial charge in [-0.15, -0.1) is 18.9 Å². The van der Waals surface area contributed by atoms with Crippen LogP contribution < -0.4 is 24.8 Å². The standard InChI is InChI=1S/C13H9.C13H10.C8H11.2ClH.Zr/c1-3-7-12-10(5-1)9-11-6-2-4-8-13(11)12;1-3-7-12(8-4-1)11-13-9-5-2-6-10-13;1-3-8-6-4-5-7(8)2;;;/h1-5,7-8H,9H2;1-10H;5H,3,6H2,1-2H3;2*1H;/q-1;;-1;;;+2/p-2. The van der Waals surface area contributed by atoms with Crippen LogP contribution in [0.15, 0.2) is 120 Å². The largest absolute Gasteiger partial charge is 0.179 e. The Morgan fingerprint density at radius 3 is 1.86 bits per heavy atom. The van der Waals surface area contributed by atoms with E-state index in [1.165, 1.54) is 72.8 Å². The van der Waals surface area contributed by atoms with Gasteiger partial charge in [-0.05, 0) is 6.42 Å². The van der Waals surface area contributed by atoms with Crippen LogP contribution in [0.25, 0.3) is 11.1 Å². The van der Waals surface area contributed by atoms with E-state index in [9.17, 15) is 0 Å². The van der Waals surface area contributed by atoms with Crippen LogP contribution in [0, 0.1) is 12.1 Å². The molecule has 4 aromatic rings. The fraction of sp³-hybridized carbons (Fsp3) is 0.147. The second-order valence-electron chi connectivity index (χ2n) is 8.67. The third-order valence-electron chi connectivity index (χ3n) is 6.36. The first kappa shape index (κ1) is 30.9. The van der Waals surface area contributed by atoms with E-state index in [4.69, 9.17) is 0 Å². The van der Waals surface area contributed by atoms with Crippen LogP contribution >= 0.6 is 0 Å². The van der Waals surface area contributed by atoms with Crippen LogP contribution in [0.5, 0.6) is 0 Å². The van der Waals surface area contributed by atoms with Gasteiger partial charge in [-0.25, -0.2) is 11.6 Å². The van der Waals surface area contributed by atoms with E-state index in [1.807, 2.05) is 6.07 Å². The van der Waals surface area contributed by atoms with E-state index in [1.54, 1.807) is 5.57 Å². The Morgan fingerprint density at radius 2 is 1.32 bits per heavy atom. The second-order valence-corrected chi connectivity index (χ2v) is 9.90. The number of hydrogen-bond donors (Lipinski definition) is 0. The summed E-state index contributed by atoms with van der Waals surface area (Å²) in [6, 6.07) is 39.2. The molecule has 0 amide bonds. The minimum absolute atomic E-state index is 0. The first-order valence-electron chi connectivity index (χ1n) is 12.2. The molecule has 37 heavy (non-hydrogen) atoms. The average Bonchev–Trinajstić information content (AvgIpc) is 3.53. The molecular formula is C34H30Cl2Zr-2. The van der Waals surface area contributed by atoms with Crippen molar-refractivity contribution in [2.24, 2.45) is 0 Å². The van der Waals surface area contributed by atoms with Gasteiger partial charge in [-0.1, -0.05) is 48.7 Å². The Labute approximate surface area is 249 Å².